The second-order valence-corrected chi connectivity index (χ2v) is 5.81. The molecule has 5 heteroatoms. The molecule has 3 N–H and O–H groups in total. The third-order valence-electron chi connectivity index (χ3n) is 4.50. The van der Waals surface area contributed by atoms with Crippen molar-refractivity contribution in [2.24, 2.45) is 11.7 Å². The van der Waals surface area contributed by atoms with E-state index < -0.39 is 6.03 Å². The smallest absolute Gasteiger partial charge is 0.318 e. The van der Waals surface area contributed by atoms with Gasteiger partial charge in [0.05, 0.1) is 0 Å². The van der Waals surface area contributed by atoms with Gasteiger partial charge in [-0.2, -0.15) is 0 Å². The minimum atomic E-state index is -0.754. The van der Waals surface area contributed by atoms with E-state index in [9.17, 15) is 9.59 Å². The minimum Gasteiger partial charge on any atom is -0.351 e. The van der Waals surface area contributed by atoms with E-state index in [0.29, 0.717) is 12.5 Å². The van der Waals surface area contributed by atoms with E-state index in [1.54, 1.807) is 0 Å². The van der Waals surface area contributed by atoms with Gasteiger partial charge < -0.3 is 5.73 Å². The fourth-order valence-corrected chi connectivity index (χ4v) is 3.63. The SMILES string of the molecule is NC(=O)NC(=O)CCN1CCCC1C1CCCCC1. The third-order valence-corrected chi connectivity index (χ3v) is 4.50. The van der Waals surface area contributed by atoms with Crippen LogP contribution in [0, 0.1) is 5.92 Å². The Labute approximate surface area is 114 Å². The van der Waals surface area contributed by atoms with Crippen LogP contribution in [0.15, 0.2) is 0 Å². The van der Waals surface area contributed by atoms with E-state index in [0.717, 1.165) is 19.0 Å². The molecule has 0 bridgehead atoms. The predicted octanol–water partition coefficient (Wildman–Crippen LogP) is 1.62. The lowest BCUT2D eigenvalue weighted by molar-refractivity contribution is -0.120. The molecule has 1 atom stereocenters. The zero-order valence-corrected chi connectivity index (χ0v) is 11.6. The van der Waals surface area contributed by atoms with Gasteiger partial charge in [0.1, 0.15) is 0 Å². The number of nitrogens with one attached hydrogen (secondary N) is 1. The Bertz CT molecular complexity index is 327. The molecule has 1 saturated carbocycles. The summed E-state index contributed by atoms with van der Waals surface area (Å²) in [6.45, 7) is 1.84. The number of imide groups is 1. The zero-order valence-electron chi connectivity index (χ0n) is 11.6. The summed E-state index contributed by atoms with van der Waals surface area (Å²) in [5.74, 6) is 0.553. The second-order valence-electron chi connectivity index (χ2n) is 5.81. The molecule has 1 aliphatic carbocycles. The number of primary amides is 1. The first-order valence-corrected chi connectivity index (χ1v) is 7.50. The molecule has 0 spiro atoms. The molecule has 3 amide bonds. The molecule has 1 saturated heterocycles. The maximum atomic E-state index is 11.5. The predicted molar refractivity (Wildman–Crippen MR) is 73.5 cm³/mol. The molecule has 2 fully saturated rings. The summed E-state index contributed by atoms with van der Waals surface area (Å²) in [5.41, 5.74) is 4.94. The molecule has 0 aromatic heterocycles. The molecular formula is C14H25N3O2. The molecule has 5 nitrogen and oxygen atoms in total. The van der Waals surface area contributed by atoms with Crippen molar-refractivity contribution in [2.75, 3.05) is 13.1 Å². The lowest BCUT2D eigenvalue weighted by atomic mass is 9.83. The fraction of sp³-hybridized carbons (Fsp3) is 0.857. The van der Waals surface area contributed by atoms with Gasteiger partial charge in [0.2, 0.25) is 5.91 Å². The Morgan fingerprint density at radius 1 is 1.11 bits per heavy atom. The van der Waals surface area contributed by atoms with Crippen LogP contribution in [-0.2, 0) is 4.79 Å². The van der Waals surface area contributed by atoms with Gasteiger partial charge in [0, 0.05) is 19.0 Å². The highest BCUT2D eigenvalue weighted by Gasteiger charge is 2.32. The summed E-state index contributed by atoms with van der Waals surface area (Å²) in [7, 11) is 0. The van der Waals surface area contributed by atoms with Gasteiger partial charge in [-0.05, 0) is 38.1 Å². The number of rotatable bonds is 4. The van der Waals surface area contributed by atoms with Crippen LogP contribution in [0.4, 0.5) is 4.79 Å². The second kappa shape index (κ2) is 6.89. The first-order valence-electron chi connectivity index (χ1n) is 7.50. The van der Waals surface area contributed by atoms with Gasteiger partial charge >= 0.3 is 6.03 Å². The highest BCUT2D eigenvalue weighted by atomic mass is 16.2. The van der Waals surface area contributed by atoms with Gasteiger partial charge in [0.25, 0.3) is 0 Å². The Hall–Kier alpha value is -1.10. The van der Waals surface area contributed by atoms with Crippen LogP contribution in [-0.4, -0.2) is 36.0 Å². The Morgan fingerprint density at radius 2 is 1.84 bits per heavy atom. The first kappa shape index (κ1) is 14.3. The van der Waals surface area contributed by atoms with Crippen molar-refractivity contribution in [1.29, 1.82) is 0 Å². The fourth-order valence-electron chi connectivity index (χ4n) is 3.63. The van der Waals surface area contributed by atoms with Gasteiger partial charge in [-0.1, -0.05) is 19.3 Å². The maximum absolute atomic E-state index is 11.5. The number of amides is 3. The number of hydrogen-bond donors (Lipinski definition) is 2. The van der Waals surface area contributed by atoms with Crippen molar-refractivity contribution in [3.05, 3.63) is 0 Å². The summed E-state index contributed by atoms with van der Waals surface area (Å²) in [6.07, 6.45) is 9.65. The lowest BCUT2D eigenvalue weighted by Crippen LogP contribution is -2.40. The summed E-state index contributed by atoms with van der Waals surface area (Å²) >= 11 is 0. The van der Waals surface area contributed by atoms with Crippen molar-refractivity contribution in [2.45, 2.75) is 57.4 Å². The average molecular weight is 267 g/mol. The third kappa shape index (κ3) is 4.20. The van der Waals surface area contributed by atoms with Crippen LogP contribution in [0.3, 0.4) is 0 Å². The van der Waals surface area contributed by atoms with Crippen molar-refractivity contribution >= 4 is 11.9 Å². The van der Waals surface area contributed by atoms with Crippen molar-refractivity contribution in [3.8, 4) is 0 Å². The quantitative estimate of drug-likeness (QED) is 0.812. The van der Waals surface area contributed by atoms with Crippen LogP contribution < -0.4 is 11.1 Å². The Balaban J connectivity index is 1.78. The monoisotopic (exact) mass is 267 g/mol. The number of carbonyl (C=O) groups excluding carboxylic acids is 2. The van der Waals surface area contributed by atoms with Gasteiger partial charge in [-0.25, -0.2) is 4.79 Å². The topological polar surface area (TPSA) is 75.4 Å². The standard InChI is InChI=1S/C14H25N3O2/c15-14(19)16-13(18)8-10-17-9-4-7-12(17)11-5-2-1-3-6-11/h11-12H,1-10H2,(H3,15,16,18,19). The van der Waals surface area contributed by atoms with Crippen LogP contribution in [0.5, 0.6) is 0 Å². The van der Waals surface area contributed by atoms with E-state index in [1.807, 2.05) is 0 Å². The first-order chi connectivity index (χ1) is 9.16. The summed E-state index contributed by atoms with van der Waals surface area (Å²) < 4.78 is 0. The lowest BCUT2D eigenvalue weighted by Gasteiger charge is -2.34. The van der Waals surface area contributed by atoms with Gasteiger partial charge in [0.15, 0.2) is 0 Å². The highest BCUT2D eigenvalue weighted by molar-refractivity contribution is 5.93. The Kier molecular flexibility index (Phi) is 5.19. The number of carbonyl (C=O) groups is 2. The van der Waals surface area contributed by atoms with Gasteiger partial charge in [-0.15, -0.1) is 0 Å². The molecule has 2 aliphatic rings. The van der Waals surface area contributed by atoms with Crippen molar-refractivity contribution < 1.29 is 9.59 Å². The maximum Gasteiger partial charge on any atom is 0.318 e. The molecular weight excluding hydrogens is 242 g/mol. The average Bonchev–Trinajstić information content (AvgIpc) is 2.85. The van der Waals surface area contributed by atoms with Crippen LogP contribution in [0.25, 0.3) is 0 Å². The van der Waals surface area contributed by atoms with Crippen LogP contribution >= 0.6 is 0 Å². The highest BCUT2D eigenvalue weighted by Crippen LogP contribution is 2.34. The molecule has 0 aromatic rings. The minimum absolute atomic E-state index is 0.262. The van der Waals surface area contributed by atoms with Crippen molar-refractivity contribution in [1.82, 2.24) is 10.2 Å². The number of nitrogens with zero attached hydrogens (tertiary/aromatic N) is 1. The van der Waals surface area contributed by atoms with Gasteiger partial charge in [-0.3, -0.25) is 15.0 Å². The van der Waals surface area contributed by atoms with Crippen molar-refractivity contribution in [3.63, 3.8) is 0 Å². The molecule has 19 heavy (non-hydrogen) atoms. The largest absolute Gasteiger partial charge is 0.351 e. The molecule has 1 aliphatic heterocycles. The van der Waals surface area contributed by atoms with E-state index in [-0.39, 0.29) is 5.91 Å². The summed E-state index contributed by atoms with van der Waals surface area (Å²) in [5, 5.41) is 2.13. The summed E-state index contributed by atoms with van der Waals surface area (Å²) in [4.78, 5) is 24.5. The molecule has 1 unspecified atom stereocenters. The van der Waals surface area contributed by atoms with Crippen LogP contribution in [0.1, 0.15) is 51.4 Å². The number of likely N-dealkylation sites (tertiary alicyclic amines) is 1. The normalized spacial score (nSPS) is 25.4. The molecule has 2 rings (SSSR count). The number of nitrogens with two attached hydrogens (primary N) is 1. The zero-order chi connectivity index (χ0) is 13.7. The van der Waals surface area contributed by atoms with Crippen LogP contribution in [0.2, 0.25) is 0 Å². The van der Waals surface area contributed by atoms with E-state index in [1.165, 1.54) is 44.9 Å². The molecule has 0 radical (unpaired) electrons. The number of hydrogen-bond acceptors (Lipinski definition) is 3. The molecule has 108 valence electrons. The molecule has 1 heterocycles. The molecule has 0 aromatic carbocycles. The van der Waals surface area contributed by atoms with E-state index in [4.69, 9.17) is 5.73 Å². The number of urea groups is 1. The van der Waals surface area contributed by atoms with E-state index >= 15 is 0 Å². The van der Waals surface area contributed by atoms with E-state index in [2.05, 4.69) is 10.2 Å². The Morgan fingerprint density at radius 3 is 2.53 bits per heavy atom. The summed E-state index contributed by atoms with van der Waals surface area (Å²) in [6, 6.07) is -0.100.